The number of H-pyrrole nitrogens is 1. The molecule has 2 aromatic heterocycles. The number of nitrogens with one attached hydrogen (secondary N) is 1. The number of nitrogens with two attached hydrogens (primary N) is 1. The average molecular weight is 527 g/mol. The van der Waals surface area contributed by atoms with Crippen molar-refractivity contribution in [1.29, 1.82) is 0 Å². The lowest BCUT2D eigenvalue weighted by atomic mass is 10.1. The molecule has 0 saturated carbocycles. The third-order valence-electron chi connectivity index (χ3n) is 7.07. The number of amides is 3. The average Bonchev–Trinajstić information content (AvgIpc) is 3.39. The Hall–Kier alpha value is -4.84. The number of anilines is 1. The Bertz CT molecular complexity index is 1550. The maximum atomic E-state index is 13.1. The summed E-state index contributed by atoms with van der Waals surface area (Å²) in [4.78, 5) is 58.9. The van der Waals surface area contributed by atoms with E-state index in [2.05, 4.69) is 19.9 Å². The zero-order valence-electron chi connectivity index (χ0n) is 20.9. The second kappa shape index (κ2) is 9.80. The molecule has 0 atom stereocenters. The van der Waals surface area contributed by atoms with Crippen molar-refractivity contribution in [3.05, 3.63) is 71.5 Å². The van der Waals surface area contributed by atoms with Gasteiger partial charge >= 0.3 is 0 Å². The van der Waals surface area contributed by atoms with E-state index in [4.69, 9.17) is 5.73 Å². The van der Waals surface area contributed by atoms with Gasteiger partial charge in [-0.15, -0.1) is 0 Å². The quantitative estimate of drug-likeness (QED) is 0.346. The summed E-state index contributed by atoms with van der Waals surface area (Å²) in [6.45, 7) is 2.81. The van der Waals surface area contributed by atoms with Gasteiger partial charge in [0.2, 0.25) is 5.95 Å². The molecule has 3 amide bonds. The molecule has 0 radical (unpaired) electrons. The number of β-amino-alcohol motifs (C(OH)–C–C–N with tert-alkyl or cyclic N) is 1. The highest BCUT2D eigenvalue weighted by Crippen LogP contribution is 2.24. The van der Waals surface area contributed by atoms with Gasteiger partial charge in [-0.3, -0.25) is 14.4 Å². The summed E-state index contributed by atoms with van der Waals surface area (Å²) in [5.41, 5.74) is 8.78. The number of nitrogens with zero attached hydrogens (tertiary/aromatic N) is 6. The van der Waals surface area contributed by atoms with Crippen molar-refractivity contribution >= 4 is 34.7 Å². The minimum absolute atomic E-state index is 0.0691. The molecule has 39 heavy (non-hydrogen) atoms. The third kappa shape index (κ3) is 4.66. The van der Waals surface area contributed by atoms with Gasteiger partial charge in [0.1, 0.15) is 11.3 Å². The molecule has 4 N–H and O–H groups in total. The topological polar surface area (TPSA) is 162 Å². The van der Waals surface area contributed by atoms with Crippen LogP contribution in [0.5, 0.6) is 0 Å². The van der Waals surface area contributed by atoms with Gasteiger partial charge in [-0.1, -0.05) is 18.2 Å². The Morgan fingerprint density at radius 2 is 1.54 bits per heavy atom. The standard InChI is InChI=1S/C27H26N8O4/c28-23(37)20-2-1-3-21-22(20)32-24(31-21)16-4-6-17(7-5-16)25(38)33-8-10-34(11-9-33)27-29-12-18(13-30-27)26(39)35-14-19(36)15-35/h1-7,12-13,19,36H,8-11,14-15H2,(H2,28,37)(H,31,32). The maximum Gasteiger partial charge on any atom is 0.257 e. The molecule has 2 saturated heterocycles. The first-order valence-electron chi connectivity index (χ1n) is 12.6. The van der Waals surface area contributed by atoms with Crippen molar-refractivity contribution in [2.24, 2.45) is 5.73 Å². The summed E-state index contributed by atoms with van der Waals surface area (Å²) in [6.07, 6.45) is 2.55. The third-order valence-corrected chi connectivity index (χ3v) is 7.07. The fourth-order valence-corrected chi connectivity index (χ4v) is 4.83. The van der Waals surface area contributed by atoms with E-state index in [1.54, 1.807) is 34.1 Å². The Morgan fingerprint density at radius 1 is 0.872 bits per heavy atom. The molecular weight excluding hydrogens is 500 g/mol. The Kier molecular flexibility index (Phi) is 6.15. The van der Waals surface area contributed by atoms with Crippen molar-refractivity contribution < 1.29 is 19.5 Å². The normalized spacial score (nSPS) is 15.9. The van der Waals surface area contributed by atoms with E-state index in [9.17, 15) is 19.5 Å². The lowest BCUT2D eigenvalue weighted by Gasteiger charge is -2.36. The van der Waals surface area contributed by atoms with Gasteiger partial charge in [-0.25, -0.2) is 15.0 Å². The lowest BCUT2D eigenvalue weighted by molar-refractivity contribution is 0.00583. The zero-order chi connectivity index (χ0) is 27.1. The molecule has 2 aliphatic heterocycles. The van der Waals surface area contributed by atoms with Gasteiger partial charge < -0.3 is 30.5 Å². The molecule has 2 fully saturated rings. The highest BCUT2D eigenvalue weighted by Gasteiger charge is 2.30. The Morgan fingerprint density at radius 3 is 2.18 bits per heavy atom. The number of carbonyl (C=O) groups is 3. The second-order valence-electron chi connectivity index (χ2n) is 9.64. The highest BCUT2D eigenvalue weighted by atomic mass is 16.3. The maximum absolute atomic E-state index is 13.1. The van der Waals surface area contributed by atoms with Gasteiger partial charge in [-0.2, -0.15) is 0 Å². The van der Waals surface area contributed by atoms with Gasteiger partial charge in [-0.05, 0) is 24.3 Å². The van der Waals surface area contributed by atoms with Crippen molar-refractivity contribution in [3.63, 3.8) is 0 Å². The minimum atomic E-state index is -0.540. The SMILES string of the molecule is NC(=O)c1cccc2[nH]c(-c3ccc(C(=O)N4CCN(c5ncc(C(=O)N6CC(O)C6)cn5)CC4)cc3)nc12. The minimum Gasteiger partial charge on any atom is -0.389 e. The molecule has 6 rings (SSSR count). The number of hydrogen-bond acceptors (Lipinski definition) is 8. The van der Waals surface area contributed by atoms with Crippen LogP contribution >= 0.6 is 0 Å². The van der Waals surface area contributed by atoms with E-state index in [-0.39, 0.29) is 11.8 Å². The van der Waals surface area contributed by atoms with Gasteiger partial charge in [0.05, 0.1) is 22.7 Å². The van der Waals surface area contributed by atoms with E-state index in [1.807, 2.05) is 23.1 Å². The summed E-state index contributed by atoms with van der Waals surface area (Å²) >= 11 is 0. The zero-order valence-corrected chi connectivity index (χ0v) is 20.9. The number of imidazole rings is 1. The van der Waals surface area contributed by atoms with E-state index in [1.165, 1.54) is 12.4 Å². The molecule has 12 heteroatoms. The summed E-state index contributed by atoms with van der Waals surface area (Å²) in [5, 5.41) is 9.39. The first kappa shape index (κ1) is 24.5. The molecule has 0 unspecified atom stereocenters. The van der Waals surface area contributed by atoms with Crippen molar-refractivity contribution in [2.75, 3.05) is 44.2 Å². The Balaban J connectivity index is 1.08. The van der Waals surface area contributed by atoms with E-state index >= 15 is 0 Å². The number of likely N-dealkylation sites (tertiary alicyclic amines) is 1. The van der Waals surface area contributed by atoms with Crippen LogP contribution in [0, 0.1) is 0 Å². The number of aliphatic hydroxyl groups excluding tert-OH is 1. The predicted octanol–water partition coefficient (Wildman–Crippen LogP) is 0.898. The van der Waals surface area contributed by atoms with E-state index < -0.39 is 12.0 Å². The molecule has 0 spiro atoms. The molecule has 0 aliphatic carbocycles. The van der Waals surface area contributed by atoms with Crippen LogP contribution in [-0.2, 0) is 0 Å². The van der Waals surface area contributed by atoms with Crippen LogP contribution in [0.2, 0.25) is 0 Å². The van der Waals surface area contributed by atoms with Crippen LogP contribution in [0.4, 0.5) is 5.95 Å². The van der Waals surface area contributed by atoms with Crippen LogP contribution in [-0.4, -0.2) is 97.9 Å². The summed E-state index contributed by atoms with van der Waals surface area (Å²) < 4.78 is 0. The molecule has 4 aromatic rings. The molecule has 4 heterocycles. The first-order chi connectivity index (χ1) is 18.9. The fourth-order valence-electron chi connectivity index (χ4n) is 4.83. The number of hydrogen-bond donors (Lipinski definition) is 3. The summed E-state index contributed by atoms with van der Waals surface area (Å²) in [5.74, 6) is 0.296. The van der Waals surface area contributed by atoms with Crippen molar-refractivity contribution in [3.8, 4) is 11.4 Å². The van der Waals surface area contributed by atoms with Crippen molar-refractivity contribution in [1.82, 2.24) is 29.7 Å². The molecule has 2 aromatic carbocycles. The summed E-state index contributed by atoms with van der Waals surface area (Å²) in [6, 6.07) is 12.4. The monoisotopic (exact) mass is 526 g/mol. The number of primary amides is 1. The number of benzene rings is 2. The second-order valence-corrected chi connectivity index (χ2v) is 9.64. The molecule has 0 bridgehead atoms. The van der Waals surface area contributed by atoms with Gasteiger partial charge in [0.15, 0.2) is 0 Å². The fraction of sp³-hybridized carbons (Fsp3) is 0.259. The lowest BCUT2D eigenvalue weighted by Crippen LogP contribution is -2.53. The largest absolute Gasteiger partial charge is 0.389 e. The van der Waals surface area contributed by atoms with Gasteiger partial charge in [0.25, 0.3) is 17.7 Å². The predicted molar refractivity (Wildman–Crippen MR) is 142 cm³/mol. The van der Waals surface area contributed by atoms with E-state index in [0.717, 1.165) is 5.56 Å². The van der Waals surface area contributed by atoms with Gasteiger partial charge in [0, 0.05) is 62.8 Å². The number of carbonyl (C=O) groups excluding carboxylic acids is 3. The van der Waals surface area contributed by atoms with Crippen LogP contribution in [0.1, 0.15) is 31.1 Å². The number of para-hydroxylation sites is 1. The van der Waals surface area contributed by atoms with E-state index in [0.29, 0.717) is 78.8 Å². The molecule has 2 aliphatic rings. The number of piperazine rings is 1. The highest BCUT2D eigenvalue weighted by molar-refractivity contribution is 6.04. The summed E-state index contributed by atoms with van der Waals surface area (Å²) in [7, 11) is 0. The molecule has 12 nitrogen and oxygen atoms in total. The Labute approximate surface area is 223 Å². The molecular formula is C27H26N8O4. The van der Waals surface area contributed by atoms with Crippen molar-refractivity contribution in [2.45, 2.75) is 6.10 Å². The number of aromatic amines is 1. The van der Waals surface area contributed by atoms with Crippen LogP contribution in [0.25, 0.3) is 22.4 Å². The van der Waals surface area contributed by atoms with Crippen LogP contribution in [0.3, 0.4) is 0 Å². The number of aromatic nitrogens is 4. The first-order valence-corrected chi connectivity index (χ1v) is 12.6. The number of rotatable bonds is 5. The van der Waals surface area contributed by atoms with Crippen LogP contribution < -0.4 is 10.6 Å². The smallest absolute Gasteiger partial charge is 0.257 e. The number of fused-ring (bicyclic) bond motifs is 1. The van der Waals surface area contributed by atoms with Crippen LogP contribution in [0.15, 0.2) is 54.9 Å². The number of aliphatic hydroxyl groups is 1. The molecule has 198 valence electrons.